The van der Waals surface area contributed by atoms with Crippen LogP contribution in [0.1, 0.15) is 76.3 Å². The van der Waals surface area contributed by atoms with Crippen molar-refractivity contribution in [1.29, 1.82) is 0 Å². The molecule has 40 heavy (non-hydrogen) atoms. The molecule has 0 atom stereocenters. The van der Waals surface area contributed by atoms with Crippen LogP contribution in [0.5, 0.6) is 0 Å². The van der Waals surface area contributed by atoms with Crippen molar-refractivity contribution in [3.8, 4) is 41.8 Å². The van der Waals surface area contributed by atoms with E-state index in [0.717, 1.165) is 12.8 Å². The summed E-state index contributed by atoms with van der Waals surface area (Å²) in [5, 5.41) is 0. The molecule has 0 spiro atoms. The maximum absolute atomic E-state index is 2.46. The Bertz CT molecular complexity index is 1440. The summed E-state index contributed by atoms with van der Waals surface area (Å²) in [7, 11) is 0. The van der Waals surface area contributed by atoms with Gasteiger partial charge in [0.25, 0.3) is 0 Å². The fourth-order valence-corrected chi connectivity index (χ4v) is 7.91. The summed E-state index contributed by atoms with van der Waals surface area (Å²) < 4.78 is 0. The second-order valence-electron chi connectivity index (χ2n) is 10.9. The van der Waals surface area contributed by atoms with Crippen molar-refractivity contribution in [2.24, 2.45) is 0 Å². The minimum Gasteiger partial charge on any atom is -0.135 e. The smallest absolute Gasteiger partial charge is 0.0381 e. The first-order valence-electron chi connectivity index (χ1n) is 15.2. The van der Waals surface area contributed by atoms with Gasteiger partial charge in [-0.2, -0.15) is 0 Å². The van der Waals surface area contributed by atoms with Gasteiger partial charge in [0.2, 0.25) is 0 Å². The highest BCUT2D eigenvalue weighted by Gasteiger charge is 2.15. The SMILES string of the molecule is CCCCCCc1cc(-c2ccc(-c3sc(-c4ccccc4)cc3CCCCCC)cc2)sc1-c1ccccc1. The predicted molar refractivity (Wildman–Crippen MR) is 180 cm³/mol. The molecule has 5 rings (SSSR count). The Balaban J connectivity index is 1.42. The Kier molecular flexibility index (Phi) is 10.4. The molecule has 2 aromatic heterocycles. The minimum absolute atomic E-state index is 1.16. The van der Waals surface area contributed by atoms with Crippen LogP contribution in [0.25, 0.3) is 41.8 Å². The lowest BCUT2D eigenvalue weighted by atomic mass is 10.0. The molecule has 3 aromatic carbocycles. The van der Waals surface area contributed by atoms with Gasteiger partial charge in [0, 0.05) is 19.5 Å². The summed E-state index contributed by atoms with van der Waals surface area (Å²) in [6, 6.07) is 36.1. The van der Waals surface area contributed by atoms with Crippen LogP contribution in [0.15, 0.2) is 97.1 Å². The molecule has 2 heterocycles. The number of hydrogen-bond donors (Lipinski definition) is 0. The van der Waals surface area contributed by atoms with E-state index in [0.29, 0.717) is 0 Å². The Labute approximate surface area is 249 Å². The highest BCUT2D eigenvalue weighted by atomic mass is 32.1. The number of unbranched alkanes of at least 4 members (excludes halogenated alkanes) is 6. The first-order chi connectivity index (χ1) is 19.8. The molecule has 0 amide bonds. The van der Waals surface area contributed by atoms with Crippen LogP contribution in [0.4, 0.5) is 0 Å². The predicted octanol–water partition coefficient (Wildman–Crippen LogP) is 12.7. The molecule has 0 saturated carbocycles. The Morgan fingerprint density at radius 3 is 1.30 bits per heavy atom. The monoisotopic (exact) mass is 562 g/mol. The van der Waals surface area contributed by atoms with Crippen molar-refractivity contribution < 1.29 is 0 Å². The molecule has 206 valence electrons. The molecule has 0 nitrogen and oxygen atoms in total. The molecule has 0 radical (unpaired) electrons. The average Bonchev–Trinajstić information content (AvgIpc) is 3.64. The second-order valence-corrected chi connectivity index (χ2v) is 13.0. The molecular weight excluding hydrogens is 521 g/mol. The van der Waals surface area contributed by atoms with E-state index in [1.807, 2.05) is 22.7 Å². The fraction of sp³-hybridized carbons (Fsp3) is 0.316. The molecule has 0 bridgehead atoms. The lowest BCUT2D eigenvalue weighted by Gasteiger charge is -2.06. The van der Waals surface area contributed by atoms with E-state index in [1.54, 1.807) is 0 Å². The van der Waals surface area contributed by atoms with Crippen molar-refractivity contribution in [3.63, 3.8) is 0 Å². The highest BCUT2D eigenvalue weighted by molar-refractivity contribution is 7.19. The quantitative estimate of drug-likeness (QED) is 0.118. The van der Waals surface area contributed by atoms with E-state index in [9.17, 15) is 0 Å². The van der Waals surface area contributed by atoms with E-state index in [-0.39, 0.29) is 0 Å². The molecule has 0 unspecified atom stereocenters. The van der Waals surface area contributed by atoms with Gasteiger partial charge in [0.1, 0.15) is 0 Å². The van der Waals surface area contributed by atoms with Gasteiger partial charge < -0.3 is 0 Å². The third-order valence-electron chi connectivity index (χ3n) is 7.74. The summed E-state index contributed by atoms with van der Waals surface area (Å²) in [5.74, 6) is 0. The third kappa shape index (κ3) is 7.22. The largest absolute Gasteiger partial charge is 0.135 e. The van der Waals surface area contributed by atoms with Crippen LogP contribution in [0.3, 0.4) is 0 Å². The van der Waals surface area contributed by atoms with E-state index >= 15 is 0 Å². The first-order valence-corrected chi connectivity index (χ1v) is 16.9. The number of rotatable bonds is 14. The molecule has 0 N–H and O–H groups in total. The molecule has 5 aromatic rings. The van der Waals surface area contributed by atoms with Gasteiger partial charge in [-0.05, 0) is 71.2 Å². The lowest BCUT2D eigenvalue weighted by Crippen LogP contribution is -1.87. The summed E-state index contributed by atoms with van der Waals surface area (Å²) in [4.78, 5) is 5.64. The van der Waals surface area contributed by atoms with Crippen molar-refractivity contribution in [1.82, 2.24) is 0 Å². The van der Waals surface area contributed by atoms with Crippen LogP contribution in [-0.4, -0.2) is 0 Å². The molecule has 2 heteroatoms. The molecule has 0 saturated heterocycles. The van der Waals surface area contributed by atoms with Gasteiger partial charge in [0.15, 0.2) is 0 Å². The zero-order valence-electron chi connectivity index (χ0n) is 24.1. The Morgan fingerprint density at radius 2 is 0.825 bits per heavy atom. The Morgan fingerprint density at radius 1 is 0.425 bits per heavy atom. The normalized spacial score (nSPS) is 11.2. The fourth-order valence-electron chi connectivity index (χ4n) is 5.46. The maximum Gasteiger partial charge on any atom is 0.0381 e. The summed E-state index contributed by atoms with van der Waals surface area (Å²) in [6.07, 6.45) is 12.7. The van der Waals surface area contributed by atoms with E-state index < -0.39 is 0 Å². The molecule has 0 fully saturated rings. The molecular formula is C38H42S2. The van der Waals surface area contributed by atoms with Gasteiger partial charge >= 0.3 is 0 Å². The topological polar surface area (TPSA) is 0 Å². The number of aryl methyl sites for hydroxylation is 2. The summed E-state index contributed by atoms with van der Waals surface area (Å²) in [5.41, 5.74) is 8.36. The molecule has 0 aliphatic heterocycles. The van der Waals surface area contributed by atoms with Crippen LogP contribution in [0, 0.1) is 0 Å². The van der Waals surface area contributed by atoms with Gasteiger partial charge in [0.05, 0.1) is 0 Å². The third-order valence-corrected chi connectivity index (χ3v) is 10.3. The van der Waals surface area contributed by atoms with Crippen molar-refractivity contribution in [2.45, 2.75) is 78.1 Å². The van der Waals surface area contributed by atoms with E-state index in [1.165, 1.54) is 104 Å². The molecule has 0 aliphatic carbocycles. The van der Waals surface area contributed by atoms with Crippen LogP contribution >= 0.6 is 22.7 Å². The van der Waals surface area contributed by atoms with Crippen LogP contribution in [-0.2, 0) is 12.8 Å². The minimum atomic E-state index is 1.16. The zero-order chi connectivity index (χ0) is 27.6. The van der Waals surface area contributed by atoms with Gasteiger partial charge in [-0.1, -0.05) is 137 Å². The second kappa shape index (κ2) is 14.6. The zero-order valence-corrected chi connectivity index (χ0v) is 25.8. The number of benzene rings is 3. The van der Waals surface area contributed by atoms with E-state index in [2.05, 4.69) is 111 Å². The summed E-state index contributed by atoms with van der Waals surface area (Å²) >= 11 is 3.90. The summed E-state index contributed by atoms with van der Waals surface area (Å²) in [6.45, 7) is 4.58. The van der Waals surface area contributed by atoms with Gasteiger partial charge in [-0.15, -0.1) is 22.7 Å². The van der Waals surface area contributed by atoms with Crippen molar-refractivity contribution in [2.75, 3.05) is 0 Å². The highest BCUT2D eigenvalue weighted by Crippen LogP contribution is 2.42. The van der Waals surface area contributed by atoms with E-state index in [4.69, 9.17) is 0 Å². The van der Waals surface area contributed by atoms with Crippen LogP contribution < -0.4 is 0 Å². The van der Waals surface area contributed by atoms with Gasteiger partial charge in [-0.3, -0.25) is 0 Å². The van der Waals surface area contributed by atoms with Crippen LogP contribution in [0.2, 0.25) is 0 Å². The Hall–Kier alpha value is -2.94. The lowest BCUT2D eigenvalue weighted by molar-refractivity contribution is 0.668. The first kappa shape index (κ1) is 28.6. The van der Waals surface area contributed by atoms with Gasteiger partial charge in [-0.25, -0.2) is 0 Å². The molecule has 0 aliphatic rings. The maximum atomic E-state index is 2.46. The number of hydrogen-bond acceptors (Lipinski definition) is 2. The number of thiophene rings is 2. The standard InChI is InChI=1S/C38H42S2/c1-3-5-7-11-21-33-28-36(40-37(33)31-19-15-10-16-20-31)30-23-25-32(26-24-30)38-34(22-12-8-6-4-2)27-35(39-38)29-17-13-9-14-18-29/h9-10,13-20,23-28H,3-8,11-12,21-22H2,1-2H3. The van der Waals surface area contributed by atoms with Crippen molar-refractivity contribution in [3.05, 3.63) is 108 Å². The average molecular weight is 563 g/mol. The van der Waals surface area contributed by atoms with Crippen molar-refractivity contribution >= 4 is 22.7 Å².